The summed E-state index contributed by atoms with van der Waals surface area (Å²) in [5.41, 5.74) is 8.88. The van der Waals surface area contributed by atoms with Crippen LogP contribution in [0.5, 0.6) is 0 Å². The van der Waals surface area contributed by atoms with Gasteiger partial charge in [-0.2, -0.15) is 4.79 Å². The molecule has 0 aliphatic heterocycles. The second-order valence-electron chi connectivity index (χ2n) is 3.69. The van der Waals surface area contributed by atoms with E-state index in [1.165, 1.54) is 6.92 Å². The van der Waals surface area contributed by atoms with Gasteiger partial charge >= 0.3 is 12.8 Å². The van der Waals surface area contributed by atoms with Gasteiger partial charge in [0.15, 0.2) is 0 Å². The smallest absolute Gasteiger partial charge is 0.352 e. The van der Waals surface area contributed by atoms with Crippen LogP contribution in [0.1, 0.15) is 20.8 Å². The van der Waals surface area contributed by atoms with E-state index < -0.39 is 7.37 Å². The molecule has 0 N–H and O–H groups in total. The van der Waals surface area contributed by atoms with E-state index in [1.807, 2.05) is 6.07 Å². The van der Waals surface area contributed by atoms with Crippen molar-refractivity contribution < 1.29 is 13.9 Å². The molecule has 1 unspecified atom stereocenters. The molecule has 1 atom stereocenters. The molecule has 0 aliphatic rings. The van der Waals surface area contributed by atoms with Crippen LogP contribution in [0.3, 0.4) is 0 Å². The molecule has 1 aromatic rings. The predicted octanol–water partition coefficient (Wildman–Crippen LogP) is 2.66. The van der Waals surface area contributed by atoms with E-state index in [2.05, 4.69) is 4.79 Å². The van der Waals surface area contributed by atoms with Crippen molar-refractivity contribution in [3.05, 3.63) is 35.9 Å². The third kappa shape index (κ3) is 2.67. The third-order valence-corrected chi connectivity index (χ3v) is 4.66. The van der Waals surface area contributed by atoms with Gasteiger partial charge in [-0.3, -0.25) is 4.57 Å². The van der Waals surface area contributed by atoms with Gasteiger partial charge in [0.1, 0.15) is 0 Å². The largest absolute Gasteiger partial charge is 0.361 e. The molecule has 0 bridgehead atoms. The summed E-state index contributed by atoms with van der Waals surface area (Å²) in [7, 11) is -3.22. The van der Waals surface area contributed by atoms with Gasteiger partial charge < -0.3 is 10.1 Å². The molecule has 0 heterocycles. The highest BCUT2D eigenvalue weighted by molar-refractivity contribution is 7.82. The van der Waals surface area contributed by atoms with Crippen LogP contribution in [0.2, 0.25) is 0 Å². The second-order valence-corrected chi connectivity index (χ2v) is 6.17. The number of hydrogen-bond acceptors (Lipinski definition) is 2. The van der Waals surface area contributed by atoms with Crippen molar-refractivity contribution in [2.75, 3.05) is 0 Å². The van der Waals surface area contributed by atoms with Gasteiger partial charge in [0.25, 0.3) is 0 Å². The fourth-order valence-electron chi connectivity index (χ4n) is 1.30. The Hall–Kier alpha value is -1.21. The summed E-state index contributed by atoms with van der Waals surface area (Å²) in [6.45, 7) is 5.08. The molecule has 0 amide bonds. The van der Waals surface area contributed by atoms with Gasteiger partial charge in [0, 0.05) is 12.2 Å². The van der Waals surface area contributed by atoms with Crippen LogP contribution in [0.15, 0.2) is 30.3 Å². The standard InChI is InChI=1S/C11H15N2O2P/c1-9(2)15-16(14,10(3)13-12)11-7-5-4-6-8-11/h4-9H,1-3H3. The Morgan fingerprint density at radius 2 is 1.94 bits per heavy atom. The quantitative estimate of drug-likeness (QED) is 0.350. The molecule has 0 spiro atoms. The van der Waals surface area contributed by atoms with Crippen LogP contribution in [0.4, 0.5) is 0 Å². The van der Waals surface area contributed by atoms with E-state index in [-0.39, 0.29) is 11.6 Å². The highest BCUT2D eigenvalue weighted by Gasteiger charge is 2.37. The summed E-state index contributed by atoms with van der Waals surface area (Å²) in [5, 5.41) is 0.541. The zero-order valence-corrected chi connectivity index (χ0v) is 10.5. The first-order chi connectivity index (χ1) is 7.50. The van der Waals surface area contributed by atoms with Crippen LogP contribution in [-0.4, -0.2) is 16.3 Å². The van der Waals surface area contributed by atoms with Crippen LogP contribution in [0, 0.1) is 0 Å². The Kier molecular flexibility index (Phi) is 4.19. The Morgan fingerprint density at radius 3 is 2.38 bits per heavy atom. The number of benzene rings is 1. The molecule has 86 valence electrons. The first kappa shape index (κ1) is 12.9. The second kappa shape index (κ2) is 5.22. The Morgan fingerprint density at radius 1 is 1.38 bits per heavy atom. The minimum atomic E-state index is -3.22. The molecule has 0 saturated heterocycles. The molecule has 0 radical (unpaired) electrons. The van der Waals surface area contributed by atoms with Crippen LogP contribution < -0.4 is 5.30 Å². The zero-order chi connectivity index (χ0) is 12.2. The molecule has 0 fully saturated rings. The van der Waals surface area contributed by atoms with E-state index in [0.29, 0.717) is 5.30 Å². The van der Waals surface area contributed by atoms with Crippen LogP contribution in [0.25, 0.3) is 5.53 Å². The van der Waals surface area contributed by atoms with Gasteiger partial charge in [0.2, 0.25) is 0 Å². The monoisotopic (exact) mass is 238 g/mol. The maximum Gasteiger partial charge on any atom is 0.352 e. The van der Waals surface area contributed by atoms with E-state index >= 15 is 0 Å². The lowest BCUT2D eigenvalue weighted by Crippen LogP contribution is -2.16. The minimum Gasteiger partial charge on any atom is -0.361 e. The molecule has 1 rings (SSSR count). The van der Waals surface area contributed by atoms with Crippen molar-refractivity contribution in [3.8, 4) is 0 Å². The van der Waals surface area contributed by atoms with Gasteiger partial charge in [-0.05, 0) is 26.0 Å². The van der Waals surface area contributed by atoms with Crippen molar-refractivity contribution in [3.63, 3.8) is 0 Å². The predicted molar refractivity (Wildman–Crippen MR) is 64.2 cm³/mol. The summed E-state index contributed by atoms with van der Waals surface area (Å²) in [6, 6.07) is 8.79. The summed E-state index contributed by atoms with van der Waals surface area (Å²) in [6.07, 6.45) is -0.206. The van der Waals surface area contributed by atoms with Gasteiger partial charge in [-0.15, -0.1) is 0 Å². The van der Waals surface area contributed by atoms with E-state index in [0.717, 1.165) is 0 Å². The first-order valence-corrected chi connectivity index (χ1v) is 6.66. The SMILES string of the molecule is CC(=[N+]=[N-])P(=O)(OC(C)C)c1ccccc1. The minimum absolute atomic E-state index is 0.104. The molecule has 1 aromatic carbocycles. The summed E-state index contributed by atoms with van der Waals surface area (Å²) in [5.74, 6) is 0. The summed E-state index contributed by atoms with van der Waals surface area (Å²) >= 11 is 0. The first-order valence-electron chi connectivity index (χ1n) is 5.04. The van der Waals surface area contributed by atoms with E-state index in [4.69, 9.17) is 10.1 Å². The van der Waals surface area contributed by atoms with Crippen molar-refractivity contribution in [2.24, 2.45) is 0 Å². The number of hydrogen-bond donors (Lipinski definition) is 0. The van der Waals surface area contributed by atoms with Crippen molar-refractivity contribution in [1.82, 2.24) is 0 Å². The molecule has 0 saturated carbocycles. The Labute approximate surface area is 95.3 Å². The van der Waals surface area contributed by atoms with Crippen LogP contribution >= 0.6 is 7.37 Å². The maximum absolute atomic E-state index is 12.6. The lowest BCUT2D eigenvalue weighted by molar-refractivity contribution is -0.00264. The molecule has 5 heteroatoms. The van der Waals surface area contributed by atoms with Gasteiger partial charge in [-0.25, -0.2) is 0 Å². The normalized spacial score (nSPS) is 14.2. The molecule has 4 nitrogen and oxygen atoms in total. The van der Waals surface area contributed by atoms with Gasteiger partial charge in [-0.1, -0.05) is 18.2 Å². The molecule has 16 heavy (non-hydrogen) atoms. The number of rotatable bonds is 4. The zero-order valence-electron chi connectivity index (χ0n) is 9.62. The molecular weight excluding hydrogens is 223 g/mol. The average molecular weight is 238 g/mol. The lowest BCUT2D eigenvalue weighted by Gasteiger charge is -2.16. The van der Waals surface area contributed by atoms with Crippen molar-refractivity contribution in [2.45, 2.75) is 26.9 Å². The molecule has 0 aliphatic carbocycles. The topological polar surface area (TPSA) is 62.7 Å². The highest BCUT2D eigenvalue weighted by Crippen LogP contribution is 2.47. The molecule has 0 aromatic heterocycles. The van der Waals surface area contributed by atoms with E-state index in [1.54, 1.807) is 38.1 Å². The Bertz CT molecular complexity index is 450. The van der Waals surface area contributed by atoms with Gasteiger partial charge in [0.05, 0.1) is 6.10 Å². The summed E-state index contributed by atoms with van der Waals surface area (Å²) < 4.78 is 18.1. The molecular formula is C11H15N2O2P. The summed E-state index contributed by atoms with van der Waals surface area (Å²) in [4.78, 5) is 3.02. The Balaban J connectivity index is 3.27. The highest BCUT2D eigenvalue weighted by atomic mass is 31.2. The average Bonchev–Trinajstić information content (AvgIpc) is 2.28. The van der Waals surface area contributed by atoms with Crippen molar-refractivity contribution in [1.29, 1.82) is 0 Å². The third-order valence-electron chi connectivity index (χ3n) is 2.03. The van der Waals surface area contributed by atoms with Crippen molar-refractivity contribution >= 4 is 18.1 Å². The maximum atomic E-state index is 12.6. The fraction of sp³-hybridized carbons (Fsp3) is 0.364. The lowest BCUT2D eigenvalue weighted by atomic mass is 10.4. The number of nitrogens with zero attached hydrogens (tertiary/aromatic N) is 2. The fourth-order valence-corrected chi connectivity index (χ4v) is 3.23. The van der Waals surface area contributed by atoms with Crippen LogP contribution in [-0.2, 0) is 9.09 Å². The van der Waals surface area contributed by atoms with E-state index in [9.17, 15) is 4.57 Å².